The largest absolute Gasteiger partial charge is 0.322 e. The minimum absolute atomic E-state index is 0.0357. The van der Waals surface area contributed by atoms with Gasteiger partial charge < -0.3 is 10.6 Å². The van der Waals surface area contributed by atoms with Crippen molar-refractivity contribution in [1.29, 1.82) is 0 Å². The molecule has 0 aliphatic carbocycles. The van der Waals surface area contributed by atoms with Crippen LogP contribution < -0.4 is 10.6 Å². The Bertz CT molecular complexity index is 1550. The Morgan fingerprint density at radius 2 is 1.62 bits per heavy atom. The molecule has 0 fully saturated rings. The van der Waals surface area contributed by atoms with Crippen molar-refractivity contribution < 1.29 is 18.0 Å². The van der Waals surface area contributed by atoms with E-state index in [2.05, 4.69) is 15.6 Å². The van der Waals surface area contributed by atoms with E-state index >= 15 is 0 Å². The maximum atomic E-state index is 13.1. The van der Waals surface area contributed by atoms with Gasteiger partial charge in [-0.15, -0.1) is 0 Å². The van der Waals surface area contributed by atoms with Gasteiger partial charge in [-0.2, -0.15) is 0 Å². The van der Waals surface area contributed by atoms with Gasteiger partial charge in [0.2, 0.25) is 0 Å². The average Bonchev–Trinajstić information content (AvgIpc) is 3.29. The topological polar surface area (TPSA) is 110 Å². The van der Waals surface area contributed by atoms with E-state index in [4.69, 9.17) is 11.6 Å². The van der Waals surface area contributed by atoms with Crippen LogP contribution in [0.25, 0.3) is 0 Å². The van der Waals surface area contributed by atoms with Crippen LogP contribution in [0.15, 0.2) is 94.1 Å². The van der Waals surface area contributed by atoms with Crippen molar-refractivity contribution in [2.24, 2.45) is 0 Å². The number of hydrogen-bond donors (Lipinski definition) is 2. The fraction of sp³-hybridized carbons (Fsp3) is 0. The van der Waals surface area contributed by atoms with E-state index in [1.165, 1.54) is 24.5 Å². The molecular weight excluding hydrogens is 496 g/mol. The monoisotopic (exact) mass is 510 g/mol. The number of carbonyl (C=O) groups excluding carboxylic acids is 2. The molecule has 2 N–H and O–H groups in total. The standard InChI is InChI=1S/C23H15ClN4O4S2/c24-17-13-19-20(34(31,32)28-11-10-25-23(28)33-19)12-16(17)22(30)27-18-9-5-4-8-15(18)21(29)26-14-6-2-1-3-7-14/h1-13H,(H,26,29)(H,27,30). The molecule has 3 aromatic carbocycles. The number of amides is 2. The zero-order valence-corrected chi connectivity index (χ0v) is 19.6. The first kappa shape index (κ1) is 22.2. The molecule has 0 spiro atoms. The summed E-state index contributed by atoms with van der Waals surface area (Å²) in [5.41, 5.74) is 1.06. The molecule has 1 aliphatic rings. The summed E-state index contributed by atoms with van der Waals surface area (Å²) in [5, 5.41) is 5.82. The van der Waals surface area contributed by atoms with Gasteiger partial charge in [-0.3, -0.25) is 9.59 Å². The van der Waals surface area contributed by atoms with Crippen molar-refractivity contribution >= 4 is 56.6 Å². The number of aromatic nitrogens is 2. The fourth-order valence-corrected chi connectivity index (χ4v) is 6.65. The molecule has 0 bridgehead atoms. The maximum absolute atomic E-state index is 13.1. The Hall–Kier alpha value is -3.60. The number of imidazole rings is 1. The Morgan fingerprint density at radius 3 is 2.41 bits per heavy atom. The third-order valence-corrected chi connectivity index (χ3v) is 8.35. The van der Waals surface area contributed by atoms with Crippen LogP contribution in [-0.2, 0) is 10.0 Å². The second-order valence-corrected chi connectivity index (χ2v) is 10.4. The van der Waals surface area contributed by atoms with Crippen LogP contribution in [0.3, 0.4) is 0 Å². The van der Waals surface area contributed by atoms with E-state index in [0.717, 1.165) is 15.7 Å². The Kier molecular flexibility index (Phi) is 5.64. The summed E-state index contributed by atoms with van der Waals surface area (Å²) in [6.45, 7) is 0. The molecule has 0 saturated carbocycles. The normalized spacial score (nSPS) is 13.4. The zero-order chi connectivity index (χ0) is 23.9. The van der Waals surface area contributed by atoms with Crippen LogP contribution in [0, 0.1) is 0 Å². The molecule has 4 aromatic rings. The van der Waals surface area contributed by atoms with Gasteiger partial charge in [0, 0.05) is 23.0 Å². The quantitative estimate of drug-likeness (QED) is 0.361. The van der Waals surface area contributed by atoms with Gasteiger partial charge in [0.25, 0.3) is 21.8 Å². The number of halogens is 1. The molecule has 11 heteroatoms. The lowest BCUT2D eigenvalue weighted by molar-refractivity contribution is 0.102. The molecule has 0 unspecified atom stereocenters. The number of anilines is 2. The van der Waals surface area contributed by atoms with E-state index in [1.807, 2.05) is 6.07 Å². The van der Waals surface area contributed by atoms with Crippen molar-refractivity contribution in [3.05, 3.63) is 95.3 Å². The average molecular weight is 511 g/mol. The van der Waals surface area contributed by atoms with Crippen LogP contribution >= 0.6 is 23.4 Å². The first-order valence-corrected chi connectivity index (χ1v) is 12.5. The highest BCUT2D eigenvalue weighted by Gasteiger charge is 2.32. The van der Waals surface area contributed by atoms with Crippen LogP contribution in [0.5, 0.6) is 0 Å². The van der Waals surface area contributed by atoms with Crippen LogP contribution in [0.4, 0.5) is 11.4 Å². The molecule has 2 heterocycles. The second kappa shape index (κ2) is 8.64. The van der Waals surface area contributed by atoms with E-state index in [-0.39, 0.29) is 26.7 Å². The number of hydrogen-bond acceptors (Lipinski definition) is 6. The maximum Gasteiger partial charge on any atom is 0.270 e. The summed E-state index contributed by atoms with van der Waals surface area (Å²) in [6.07, 6.45) is 2.73. The Labute approximate surface area is 204 Å². The molecule has 0 radical (unpaired) electrons. The van der Waals surface area contributed by atoms with Gasteiger partial charge in [0.1, 0.15) is 4.90 Å². The second-order valence-electron chi connectivity index (χ2n) is 7.21. The lowest BCUT2D eigenvalue weighted by Gasteiger charge is -2.19. The van der Waals surface area contributed by atoms with Crippen LogP contribution in [0.2, 0.25) is 5.02 Å². The number of benzene rings is 3. The van der Waals surface area contributed by atoms with Gasteiger partial charge in [-0.05, 0) is 48.2 Å². The molecule has 8 nitrogen and oxygen atoms in total. The molecule has 5 rings (SSSR count). The highest BCUT2D eigenvalue weighted by atomic mass is 35.5. The zero-order valence-electron chi connectivity index (χ0n) is 17.2. The molecule has 0 atom stereocenters. The molecule has 1 aromatic heterocycles. The Balaban J connectivity index is 1.45. The van der Waals surface area contributed by atoms with Crippen LogP contribution in [0.1, 0.15) is 20.7 Å². The number of rotatable bonds is 4. The number of para-hydroxylation sites is 2. The SMILES string of the molecule is O=C(Nc1ccccc1C(=O)Nc1ccccc1)c1cc2c(cc1Cl)Sc1nccn1S2(=O)=O. The van der Waals surface area contributed by atoms with Gasteiger partial charge in [-0.25, -0.2) is 17.4 Å². The number of nitrogens with zero attached hydrogens (tertiary/aromatic N) is 2. The highest BCUT2D eigenvalue weighted by Crippen LogP contribution is 2.41. The summed E-state index contributed by atoms with van der Waals surface area (Å²) in [7, 11) is -3.93. The van der Waals surface area contributed by atoms with Crippen molar-refractivity contribution in [2.45, 2.75) is 14.9 Å². The van der Waals surface area contributed by atoms with Crippen molar-refractivity contribution in [2.75, 3.05) is 10.6 Å². The number of fused-ring (bicyclic) bond motifs is 2. The Morgan fingerprint density at radius 1 is 0.912 bits per heavy atom. The molecule has 2 amide bonds. The smallest absolute Gasteiger partial charge is 0.270 e. The first-order valence-electron chi connectivity index (χ1n) is 9.92. The van der Waals surface area contributed by atoms with E-state index in [9.17, 15) is 18.0 Å². The molecular formula is C23H15ClN4O4S2. The first-order chi connectivity index (χ1) is 16.3. The molecule has 1 aliphatic heterocycles. The number of carbonyl (C=O) groups is 2. The molecule has 0 saturated heterocycles. The number of nitrogens with one attached hydrogen (secondary N) is 2. The van der Waals surface area contributed by atoms with E-state index in [1.54, 1.807) is 48.5 Å². The van der Waals surface area contributed by atoms with Gasteiger partial charge in [0.05, 0.1) is 21.8 Å². The predicted octanol–water partition coefficient (Wildman–Crippen LogP) is 4.74. The minimum atomic E-state index is -3.93. The summed E-state index contributed by atoms with van der Waals surface area (Å²) in [4.78, 5) is 30.3. The third-order valence-electron chi connectivity index (χ3n) is 5.04. The van der Waals surface area contributed by atoms with Gasteiger partial charge in [-0.1, -0.05) is 41.9 Å². The summed E-state index contributed by atoms with van der Waals surface area (Å²) in [5.74, 6) is -1.06. The lowest BCUT2D eigenvalue weighted by Crippen LogP contribution is -2.21. The van der Waals surface area contributed by atoms with E-state index < -0.39 is 21.8 Å². The van der Waals surface area contributed by atoms with Gasteiger partial charge >= 0.3 is 0 Å². The highest BCUT2D eigenvalue weighted by molar-refractivity contribution is 8.01. The fourth-order valence-electron chi connectivity index (χ4n) is 3.43. The summed E-state index contributed by atoms with van der Waals surface area (Å²) >= 11 is 7.49. The minimum Gasteiger partial charge on any atom is -0.322 e. The van der Waals surface area contributed by atoms with Crippen molar-refractivity contribution in [1.82, 2.24) is 8.96 Å². The van der Waals surface area contributed by atoms with Crippen molar-refractivity contribution in [3.8, 4) is 0 Å². The molecule has 34 heavy (non-hydrogen) atoms. The third kappa shape index (κ3) is 3.96. The predicted molar refractivity (Wildman–Crippen MR) is 129 cm³/mol. The molecule has 170 valence electrons. The van der Waals surface area contributed by atoms with Gasteiger partial charge in [0.15, 0.2) is 5.16 Å². The summed E-state index contributed by atoms with van der Waals surface area (Å²) < 4.78 is 27.1. The lowest BCUT2D eigenvalue weighted by atomic mass is 10.1. The van der Waals surface area contributed by atoms with E-state index in [0.29, 0.717) is 15.7 Å². The van der Waals surface area contributed by atoms with Crippen LogP contribution in [-0.4, -0.2) is 29.2 Å². The van der Waals surface area contributed by atoms with Crippen molar-refractivity contribution in [3.63, 3.8) is 0 Å². The summed E-state index contributed by atoms with van der Waals surface area (Å²) in [6, 6.07) is 18.1.